The van der Waals surface area contributed by atoms with Gasteiger partial charge in [-0.1, -0.05) is 60.1 Å². The molecule has 0 spiro atoms. The first-order valence-corrected chi connectivity index (χ1v) is 8.77. The van der Waals surface area contributed by atoms with E-state index in [0.29, 0.717) is 22.0 Å². The highest BCUT2D eigenvalue weighted by Gasteiger charge is 2.23. The lowest BCUT2D eigenvalue weighted by molar-refractivity contribution is 0.101. The Morgan fingerprint density at radius 2 is 1.64 bits per heavy atom. The standard InChI is InChI=1S/C23H14ClN3O/c24-20-11-9-17(10-12-20)14-22(23(28)18-6-2-1-3-7-18)27-13-5-4-8-21(27)19(15-25)16-26/h1-14H/b22-14-. The smallest absolute Gasteiger partial charge is 0.209 e. The zero-order chi connectivity index (χ0) is 19.9. The summed E-state index contributed by atoms with van der Waals surface area (Å²) in [5, 5.41) is 19.2. The molecule has 1 heterocycles. The van der Waals surface area contributed by atoms with Crippen LogP contribution in [0.1, 0.15) is 15.9 Å². The zero-order valence-electron chi connectivity index (χ0n) is 14.7. The maximum atomic E-state index is 13.3. The van der Waals surface area contributed by atoms with Gasteiger partial charge < -0.3 is 4.90 Å². The monoisotopic (exact) mass is 383 g/mol. The number of rotatable bonds is 4. The summed E-state index contributed by atoms with van der Waals surface area (Å²) in [7, 11) is 0. The summed E-state index contributed by atoms with van der Waals surface area (Å²) in [6.07, 6.45) is 8.46. The molecule has 5 heteroatoms. The molecule has 0 bridgehead atoms. The summed E-state index contributed by atoms with van der Waals surface area (Å²) in [6, 6.07) is 19.7. The van der Waals surface area contributed by atoms with Crippen LogP contribution in [0, 0.1) is 22.7 Å². The Bertz CT molecular complexity index is 1080. The second kappa shape index (κ2) is 8.68. The van der Waals surface area contributed by atoms with E-state index < -0.39 is 0 Å². The lowest BCUT2D eigenvalue weighted by Gasteiger charge is -2.26. The molecule has 28 heavy (non-hydrogen) atoms. The molecule has 4 nitrogen and oxygen atoms in total. The number of nitriles is 2. The van der Waals surface area contributed by atoms with Crippen molar-refractivity contribution < 1.29 is 4.79 Å². The fourth-order valence-corrected chi connectivity index (χ4v) is 2.82. The fraction of sp³-hybridized carbons (Fsp3) is 0. The van der Waals surface area contributed by atoms with Gasteiger partial charge in [0.2, 0.25) is 5.78 Å². The van der Waals surface area contributed by atoms with Crippen molar-refractivity contribution in [1.29, 1.82) is 10.5 Å². The second-order valence-electron chi connectivity index (χ2n) is 5.83. The average molecular weight is 384 g/mol. The minimum atomic E-state index is -0.233. The van der Waals surface area contributed by atoms with E-state index in [9.17, 15) is 15.3 Å². The Kier molecular flexibility index (Phi) is 5.87. The predicted molar refractivity (Wildman–Crippen MR) is 109 cm³/mol. The summed E-state index contributed by atoms with van der Waals surface area (Å²) in [5.41, 5.74) is 1.84. The predicted octanol–water partition coefficient (Wildman–Crippen LogP) is 5.25. The van der Waals surface area contributed by atoms with Gasteiger partial charge in [-0.05, 0) is 35.9 Å². The number of ketones is 1. The SMILES string of the molecule is N#CC(C#N)=C1C=CC=CN1/C(=C\c1ccc(Cl)cc1)C(=O)c1ccccc1. The summed E-state index contributed by atoms with van der Waals surface area (Å²) >= 11 is 5.96. The minimum absolute atomic E-state index is 0.0801. The van der Waals surface area contributed by atoms with Crippen molar-refractivity contribution in [1.82, 2.24) is 4.90 Å². The molecule has 3 rings (SSSR count). The van der Waals surface area contributed by atoms with E-state index in [1.807, 2.05) is 18.2 Å². The molecule has 134 valence electrons. The van der Waals surface area contributed by atoms with Gasteiger partial charge >= 0.3 is 0 Å². The van der Waals surface area contributed by atoms with E-state index >= 15 is 0 Å². The Morgan fingerprint density at radius 1 is 0.964 bits per heavy atom. The normalized spacial score (nSPS) is 13.0. The molecule has 2 aromatic carbocycles. The molecule has 0 saturated carbocycles. The third-order valence-corrected chi connectivity index (χ3v) is 4.29. The number of carbonyl (C=O) groups is 1. The van der Waals surface area contributed by atoms with Gasteiger partial charge in [0.15, 0.2) is 5.57 Å². The van der Waals surface area contributed by atoms with Gasteiger partial charge in [-0.2, -0.15) is 10.5 Å². The van der Waals surface area contributed by atoms with E-state index in [-0.39, 0.29) is 11.4 Å². The lowest BCUT2D eigenvalue weighted by atomic mass is 10.0. The van der Waals surface area contributed by atoms with Crippen molar-refractivity contribution in [3.8, 4) is 12.1 Å². The number of allylic oxidation sites excluding steroid dienone is 5. The van der Waals surface area contributed by atoms with E-state index in [1.54, 1.807) is 83.9 Å². The van der Waals surface area contributed by atoms with Crippen LogP contribution >= 0.6 is 11.6 Å². The Labute approximate surface area is 168 Å². The van der Waals surface area contributed by atoms with Crippen molar-refractivity contribution in [3.05, 3.63) is 112 Å². The van der Waals surface area contributed by atoms with Crippen molar-refractivity contribution in [2.24, 2.45) is 0 Å². The summed E-state index contributed by atoms with van der Waals surface area (Å²) < 4.78 is 0. The molecule has 1 aliphatic rings. The fourth-order valence-electron chi connectivity index (χ4n) is 2.70. The van der Waals surface area contributed by atoms with Gasteiger partial charge in [0, 0.05) is 16.8 Å². The first kappa shape index (κ1) is 18.9. The Balaban J connectivity index is 2.17. The molecular formula is C23H14ClN3O. The van der Waals surface area contributed by atoms with Gasteiger partial charge in [0.25, 0.3) is 0 Å². The van der Waals surface area contributed by atoms with E-state index in [0.717, 1.165) is 5.56 Å². The van der Waals surface area contributed by atoms with Gasteiger partial charge in [-0.15, -0.1) is 0 Å². The molecule has 0 aromatic heterocycles. The third-order valence-electron chi connectivity index (χ3n) is 4.04. The van der Waals surface area contributed by atoms with Gasteiger partial charge in [0.05, 0.1) is 11.4 Å². The van der Waals surface area contributed by atoms with Crippen LogP contribution in [-0.4, -0.2) is 10.7 Å². The van der Waals surface area contributed by atoms with Crippen molar-refractivity contribution >= 4 is 23.5 Å². The molecule has 0 unspecified atom stereocenters. The van der Waals surface area contributed by atoms with Gasteiger partial charge in [-0.25, -0.2) is 0 Å². The Morgan fingerprint density at radius 3 is 2.29 bits per heavy atom. The van der Waals surface area contributed by atoms with E-state index in [4.69, 9.17) is 11.6 Å². The Hall–Kier alpha value is -3.86. The highest BCUT2D eigenvalue weighted by Crippen LogP contribution is 2.26. The molecular weight excluding hydrogens is 370 g/mol. The average Bonchev–Trinajstić information content (AvgIpc) is 2.75. The van der Waals surface area contributed by atoms with Gasteiger partial charge in [0.1, 0.15) is 12.1 Å². The number of benzene rings is 2. The van der Waals surface area contributed by atoms with Crippen LogP contribution in [0.25, 0.3) is 6.08 Å². The van der Waals surface area contributed by atoms with Crippen LogP contribution in [0.15, 0.2) is 96.0 Å². The molecule has 0 atom stereocenters. The molecule has 0 aliphatic carbocycles. The van der Waals surface area contributed by atoms with Crippen LogP contribution in [0.2, 0.25) is 5.02 Å². The van der Waals surface area contributed by atoms with Crippen molar-refractivity contribution in [2.45, 2.75) is 0 Å². The lowest BCUT2D eigenvalue weighted by Crippen LogP contribution is -2.24. The van der Waals surface area contributed by atoms with Crippen LogP contribution in [0.5, 0.6) is 0 Å². The molecule has 0 radical (unpaired) electrons. The maximum Gasteiger partial charge on any atom is 0.209 e. The highest BCUT2D eigenvalue weighted by atomic mass is 35.5. The molecule has 2 aromatic rings. The van der Waals surface area contributed by atoms with Gasteiger partial charge in [-0.3, -0.25) is 4.79 Å². The number of Topliss-reactive ketones (excluding diaryl/α,β-unsaturated/α-hetero) is 1. The molecule has 1 aliphatic heterocycles. The molecule has 0 saturated heterocycles. The third kappa shape index (κ3) is 4.10. The van der Waals surface area contributed by atoms with E-state index in [2.05, 4.69) is 0 Å². The molecule has 0 N–H and O–H groups in total. The zero-order valence-corrected chi connectivity index (χ0v) is 15.5. The first-order valence-electron chi connectivity index (χ1n) is 8.39. The van der Waals surface area contributed by atoms with Crippen LogP contribution in [-0.2, 0) is 0 Å². The number of nitrogens with zero attached hydrogens (tertiary/aromatic N) is 3. The molecule has 0 fully saturated rings. The second-order valence-corrected chi connectivity index (χ2v) is 6.27. The van der Waals surface area contributed by atoms with E-state index in [1.165, 1.54) is 0 Å². The van der Waals surface area contributed by atoms with Crippen molar-refractivity contribution in [2.75, 3.05) is 0 Å². The minimum Gasteiger partial charge on any atom is -0.312 e. The summed E-state index contributed by atoms with van der Waals surface area (Å²) in [5.74, 6) is -0.233. The van der Waals surface area contributed by atoms with Crippen LogP contribution in [0.3, 0.4) is 0 Å². The maximum absolute atomic E-state index is 13.3. The number of hydrogen-bond donors (Lipinski definition) is 0. The summed E-state index contributed by atoms with van der Waals surface area (Å²) in [4.78, 5) is 14.8. The topological polar surface area (TPSA) is 67.9 Å². The number of hydrogen-bond acceptors (Lipinski definition) is 4. The molecule has 0 amide bonds. The largest absolute Gasteiger partial charge is 0.312 e. The quantitative estimate of drug-likeness (QED) is 0.410. The number of carbonyl (C=O) groups excluding carboxylic acids is 1. The van der Waals surface area contributed by atoms with Crippen LogP contribution in [0.4, 0.5) is 0 Å². The summed E-state index contributed by atoms with van der Waals surface area (Å²) in [6.45, 7) is 0. The highest BCUT2D eigenvalue weighted by molar-refractivity contribution is 6.30. The van der Waals surface area contributed by atoms with Crippen molar-refractivity contribution in [3.63, 3.8) is 0 Å². The first-order chi connectivity index (χ1) is 13.6. The number of halogens is 1. The van der Waals surface area contributed by atoms with Crippen LogP contribution < -0.4 is 0 Å².